The van der Waals surface area contributed by atoms with E-state index in [0.29, 0.717) is 0 Å². The summed E-state index contributed by atoms with van der Waals surface area (Å²) in [6.07, 6.45) is 15.2. The van der Waals surface area contributed by atoms with E-state index in [-0.39, 0.29) is 6.10 Å². The third-order valence-electron chi connectivity index (χ3n) is 3.28. The number of unbranched alkanes of at least 4 members (excludes halogenated alkanes) is 8. The lowest BCUT2D eigenvalue weighted by atomic mass is 10.0. The highest BCUT2D eigenvalue weighted by atomic mass is 16.3. The van der Waals surface area contributed by atoms with E-state index in [2.05, 4.69) is 13.8 Å². The predicted molar refractivity (Wildman–Crippen MR) is 72.8 cm³/mol. The fourth-order valence-corrected chi connectivity index (χ4v) is 2.10. The van der Waals surface area contributed by atoms with Crippen molar-refractivity contribution in [3.05, 3.63) is 0 Å². The van der Waals surface area contributed by atoms with Crippen LogP contribution in [0.3, 0.4) is 0 Å². The highest BCUT2D eigenvalue weighted by Gasteiger charge is 2.02. The Labute approximate surface area is 103 Å². The Balaban J connectivity index is 3.02. The van der Waals surface area contributed by atoms with Crippen LogP contribution in [0, 0.1) is 0 Å². The quantitative estimate of drug-likeness (QED) is 0.462. The van der Waals surface area contributed by atoms with Gasteiger partial charge in [0.15, 0.2) is 0 Å². The molecule has 0 heterocycles. The molecule has 0 aromatic heterocycles. The summed E-state index contributed by atoms with van der Waals surface area (Å²) in [6.45, 7) is 4.45. The molecule has 98 valence electrons. The molecule has 0 aromatic rings. The van der Waals surface area contributed by atoms with Crippen molar-refractivity contribution in [2.75, 3.05) is 0 Å². The molecule has 0 rings (SSSR count). The molecule has 0 aliphatic rings. The second-order valence-electron chi connectivity index (χ2n) is 5.06. The molecule has 0 fully saturated rings. The van der Waals surface area contributed by atoms with Gasteiger partial charge in [0.1, 0.15) is 0 Å². The minimum atomic E-state index is -0.0277. The molecular formula is C15H32O. The first-order chi connectivity index (χ1) is 7.81. The Morgan fingerprint density at radius 2 is 1.06 bits per heavy atom. The van der Waals surface area contributed by atoms with Crippen molar-refractivity contribution in [3.63, 3.8) is 0 Å². The lowest BCUT2D eigenvalue weighted by Gasteiger charge is -2.09. The standard InChI is InChI=1S/C15H32O/c1-3-5-7-8-9-10-11-12-14-15(16)13-6-4-2/h15-16H,3-14H2,1-2H3/t15-/m0/s1. The fourth-order valence-electron chi connectivity index (χ4n) is 2.10. The maximum absolute atomic E-state index is 9.65. The Hall–Kier alpha value is -0.0400. The summed E-state index contributed by atoms with van der Waals surface area (Å²) in [5.74, 6) is 0. The first-order valence-electron chi connectivity index (χ1n) is 7.49. The molecule has 0 aromatic carbocycles. The van der Waals surface area contributed by atoms with Gasteiger partial charge in [-0.1, -0.05) is 78.1 Å². The van der Waals surface area contributed by atoms with Crippen LogP contribution in [0.15, 0.2) is 0 Å². The minimum absolute atomic E-state index is 0.0277. The molecular weight excluding hydrogens is 196 g/mol. The van der Waals surface area contributed by atoms with Gasteiger partial charge in [-0.25, -0.2) is 0 Å². The summed E-state index contributed by atoms with van der Waals surface area (Å²) in [5.41, 5.74) is 0. The molecule has 0 saturated carbocycles. The smallest absolute Gasteiger partial charge is 0.0540 e. The van der Waals surface area contributed by atoms with Crippen molar-refractivity contribution in [2.24, 2.45) is 0 Å². The molecule has 0 amide bonds. The van der Waals surface area contributed by atoms with Crippen LogP contribution >= 0.6 is 0 Å². The molecule has 0 bridgehead atoms. The van der Waals surface area contributed by atoms with Gasteiger partial charge in [0.25, 0.3) is 0 Å². The average molecular weight is 228 g/mol. The molecule has 0 aliphatic heterocycles. The molecule has 1 N–H and O–H groups in total. The van der Waals surface area contributed by atoms with Gasteiger partial charge in [-0.15, -0.1) is 0 Å². The van der Waals surface area contributed by atoms with Crippen LogP contribution in [0.25, 0.3) is 0 Å². The Kier molecular flexibility index (Phi) is 13.0. The number of aliphatic hydroxyl groups is 1. The SMILES string of the molecule is CCCCCCCCCC[C@@H](O)CCCC. The van der Waals surface area contributed by atoms with E-state index >= 15 is 0 Å². The lowest BCUT2D eigenvalue weighted by Crippen LogP contribution is -2.05. The molecule has 0 radical (unpaired) electrons. The summed E-state index contributed by atoms with van der Waals surface area (Å²) in [6, 6.07) is 0. The normalized spacial score (nSPS) is 12.9. The van der Waals surface area contributed by atoms with E-state index in [0.717, 1.165) is 12.8 Å². The fraction of sp³-hybridized carbons (Fsp3) is 1.00. The van der Waals surface area contributed by atoms with Gasteiger partial charge in [0.05, 0.1) is 6.10 Å². The molecule has 0 spiro atoms. The maximum Gasteiger partial charge on any atom is 0.0540 e. The van der Waals surface area contributed by atoms with Gasteiger partial charge in [0, 0.05) is 0 Å². The second-order valence-corrected chi connectivity index (χ2v) is 5.06. The van der Waals surface area contributed by atoms with Crippen molar-refractivity contribution in [1.82, 2.24) is 0 Å². The van der Waals surface area contributed by atoms with Gasteiger partial charge >= 0.3 is 0 Å². The molecule has 0 saturated heterocycles. The van der Waals surface area contributed by atoms with Crippen molar-refractivity contribution in [1.29, 1.82) is 0 Å². The van der Waals surface area contributed by atoms with E-state index in [1.807, 2.05) is 0 Å². The van der Waals surface area contributed by atoms with Crippen LogP contribution in [0.4, 0.5) is 0 Å². The van der Waals surface area contributed by atoms with Crippen LogP contribution in [0.2, 0.25) is 0 Å². The van der Waals surface area contributed by atoms with Crippen molar-refractivity contribution in [2.45, 2.75) is 97.0 Å². The third-order valence-corrected chi connectivity index (χ3v) is 3.28. The topological polar surface area (TPSA) is 20.2 Å². The summed E-state index contributed by atoms with van der Waals surface area (Å²) in [4.78, 5) is 0. The number of hydrogen-bond donors (Lipinski definition) is 1. The molecule has 16 heavy (non-hydrogen) atoms. The van der Waals surface area contributed by atoms with Crippen LogP contribution in [0.5, 0.6) is 0 Å². The first-order valence-corrected chi connectivity index (χ1v) is 7.49. The highest BCUT2D eigenvalue weighted by Crippen LogP contribution is 2.12. The van der Waals surface area contributed by atoms with Crippen LogP contribution in [-0.4, -0.2) is 11.2 Å². The van der Waals surface area contributed by atoms with Crippen molar-refractivity contribution in [3.8, 4) is 0 Å². The average Bonchev–Trinajstić information content (AvgIpc) is 2.30. The van der Waals surface area contributed by atoms with Crippen LogP contribution in [0.1, 0.15) is 90.9 Å². The summed E-state index contributed by atoms with van der Waals surface area (Å²) < 4.78 is 0. The maximum atomic E-state index is 9.65. The van der Waals surface area contributed by atoms with Crippen LogP contribution in [-0.2, 0) is 0 Å². The first kappa shape index (κ1) is 16.0. The monoisotopic (exact) mass is 228 g/mol. The summed E-state index contributed by atoms with van der Waals surface area (Å²) in [5, 5.41) is 9.65. The van der Waals surface area contributed by atoms with E-state index in [9.17, 15) is 5.11 Å². The zero-order chi connectivity index (χ0) is 12.1. The Bertz CT molecular complexity index is 123. The molecule has 0 aliphatic carbocycles. The summed E-state index contributed by atoms with van der Waals surface area (Å²) in [7, 11) is 0. The van der Waals surface area contributed by atoms with E-state index in [1.54, 1.807) is 0 Å². The summed E-state index contributed by atoms with van der Waals surface area (Å²) >= 11 is 0. The van der Waals surface area contributed by atoms with Crippen molar-refractivity contribution < 1.29 is 5.11 Å². The number of hydrogen-bond acceptors (Lipinski definition) is 1. The minimum Gasteiger partial charge on any atom is -0.393 e. The van der Waals surface area contributed by atoms with Gasteiger partial charge in [-0.2, -0.15) is 0 Å². The predicted octanol–water partition coefficient (Wildman–Crippen LogP) is 5.07. The van der Waals surface area contributed by atoms with Gasteiger partial charge < -0.3 is 5.11 Å². The molecule has 1 atom stereocenters. The highest BCUT2D eigenvalue weighted by molar-refractivity contribution is 4.56. The second kappa shape index (κ2) is 13.0. The van der Waals surface area contributed by atoms with E-state index in [1.165, 1.54) is 64.2 Å². The van der Waals surface area contributed by atoms with Gasteiger partial charge in [0.2, 0.25) is 0 Å². The van der Waals surface area contributed by atoms with E-state index < -0.39 is 0 Å². The van der Waals surface area contributed by atoms with E-state index in [4.69, 9.17) is 0 Å². The zero-order valence-corrected chi connectivity index (χ0v) is 11.5. The third kappa shape index (κ3) is 12.0. The molecule has 0 unspecified atom stereocenters. The number of aliphatic hydroxyl groups excluding tert-OH is 1. The van der Waals surface area contributed by atoms with Crippen LogP contribution < -0.4 is 0 Å². The number of rotatable bonds is 12. The Morgan fingerprint density at radius 3 is 1.62 bits per heavy atom. The van der Waals surface area contributed by atoms with Gasteiger partial charge in [-0.3, -0.25) is 0 Å². The van der Waals surface area contributed by atoms with Crippen molar-refractivity contribution >= 4 is 0 Å². The molecule has 1 heteroatoms. The Morgan fingerprint density at radius 1 is 0.625 bits per heavy atom. The van der Waals surface area contributed by atoms with Gasteiger partial charge in [-0.05, 0) is 12.8 Å². The zero-order valence-electron chi connectivity index (χ0n) is 11.5. The lowest BCUT2D eigenvalue weighted by molar-refractivity contribution is 0.148. The largest absolute Gasteiger partial charge is 0.393 e. The molecule has 1 nitrogen and oxygen atoms in total.